The Kier molecular flexibility index (Phi) is 4.29. The summed E-state index contributed by atoms with van der Waals surface area (Å²) in [5.41, 5.74) is 0. The van der Waals surface area contributed by atoms with Crippen LogP contribution in [0.1, 0.15) is 12.8 Å². The van der Waals surface area contributed by atoms with E-state index in [4.69, 9.17) is 10.00 Å². The molecule has 0 radical (unpaired) electrons. The lowest BCUT2D eigenvalue weighted by Crippen LogP contribution is -2.24. The van der Waals surface area contributed by atoms with Crippen LogP contribution in [0.25, 0.3) is 0 Å². The molecule has 0 bridgehead atoms. The maximum Gasteiger partial charge on any atom is 0.0921 e. The van der Waals surface area contributed by atoms with Gasteiger partial charge < -0.3 is 4.74 Å². The smallest absolute Gasteiger partial charge is 0.0921 e. The molecular weight excluding hydrogens is 246 g/mol. The third-order valence-electron chi connectivity index (χ3n) is 3.08. The molecule has 0 saturated heterocycles. The van der Waals surface area contributed by atoms with Gasteiger partial charge in [-0.2, -0.15) is 5.26 Å². The number of methoxy groups -OCH3 is 1. The minimum atomic E-state index is -1.14. The van der Waals surface area contributed by atoms with Gasteiger partial charge in [-0.05, 0) is 31.1 Å². The number of benzene rings is 1. The van der Waals surface area contributed by atoms with Crippen molar-refractivity contribution in [3.63, 3.8) is 0 Å². The van der Waals surface area contributed by atoms with Gasteiger partial charge in [-0.3, -0.25) is 0 Å². The molecule has 1 aromatic carbocycles. The van der Waals surface area contributed by atoms with Crippen LogP contribution in [0.15, 0.2) is 46.2 Å². The lowest BCUT2D eigenvalue weighted by atomic mass is 9.93. The molecule has 0 heterocycles. The predicted molar refractivity (Wildman–Crippen MR) is 70.1 cm³/mol. The van der Waals surface area contributed by atoms with Crippen molar-refractivity contribution in [3.8, 4) is 6.07 Å². The molecule has 0 amide bonds. The number of ether oxygens (including phenoxy) is 1. The molecule has 1 aromatic rings. The van der Waals surface area contributed by atoms with Crippen LogP contribution in [0, 0.1) is 17.2 Å². The van der Waals surface area contributed by atoms with E-state index in [1.165, 1.54) is 0 Å². The summed E-state index contributed by atoms with van der Waals surface area (Å²) in [7, 11) is 0.446. The average Bonchev–Trinajstić information content (AvgIpc) is 2.46. The second-order valence-electron chi connectivity index (χ2n) is 4.19. The van der Waals surface area contributed by atoms with Crippen molar-refractivity contribution in [2.75, 3.05) is 7.11 Å². The molecule has 94 valence electrons. The summed E-state index contributed by atoms with van der Waals surface area (Å²) >= 11 is 0. The number of nitrogens with zero attached hydrogens (tertiary/aromatic N) is 1. The lowest BCUT2D eigenvalue weighted by molar-refractivity contribution is 0.101. The van der Waals surface area contributed by atoms with Gasteiger partial charge in [-0.1, -0.05) is 18.2 Å². The fraction of sp³-hybridized carbons (Fsp3) is 0.357. The van der Waals surface area contributed by atoms with Crippen molar-refractivity contribution in [1.29, 1.82) is 5.26 Å². The summed E-state index contributed by atoms with van der Waals surface area (Å²) in [4.78, 5) is 1.66. The number of hydrogen-bond acceptors (Lipinski definition) is 3. The molecule has 1 aliphatic carbocycles. The van der Waals surface area contributed by atoms with E-state index in [1.54, 1.807) is 7.11 Å². The Morgan fingerprint density at radius 2 is 2.11 bits per heavy atom. The summed E-state index contributed by atoms with van der Waals surface area (Å²) in [5.74, 6) is -0.133. The Balaban J connectivity index is 2.22. The number of allylic oxidation sites excluding steroid dienone is 1. The predicted octanol–water partition coefficient (Wildman–Crippen LogP) is 2.63. The molecule has 0 fully saturated rings. The molecule has 0 spiro atoms. The van der Waals surface area contributed by atoms with E-state index in [2.05, 4.69) is 6.07 Å². The quantitative estimate of drug-likeness (QED) is 0.840. The van der Waals surface area contributed by atoms with Crippen molar-refractivity contribution >= 4 is 10.8 Å². The molecule has 4 heteroatoms. The monoisotopic (exact) mass is 261 g/mol. The van der Waals surface area contributed by atoms with Gasteiger partial charge in [0, 0.05) is 16.9 Å². The number of nitriles is 1. The highest BCUT2D eigenvalue weighted by Gasteiger charge is 2.26. The highest BCUT2D eigenvalue weighted by molar-refractivity contribution is 7.89. The molecule has 1 unspecified atom stereocenters. The first-order valence-electron chi connectivity index (χ1n) is 5.86. The molecule has 18 heavy (non-hydrogen) atoms. The second-order valence-corrected chi connectivity index (χ2v) is 5.72. The summed E-state index contributed by atoms with van der Waals surface area (Å²) in [6.07, 6.45) is 3.01. The average molecular weight is 261 g/mol. The van der Waals surface area contributed by atoms with Gasteiger partial charge >= 0.3 is 0 Å². The van der Waals surface area contributed by atoms with Gasteiger partial charge in [0.25, 0.3) is 0 Å². The van der Waals surface area contributed by atoms with Crippen LogP contribution < -0.4 is 0 Å². The molecule has 0 aliphatic heterocycles. The third-order valence-corrected chi connectivity index (χ3v) is 4.60. The third kappa shape index (κ3) is 2.69. The van der Waals surface area contributed by atoms with Crippen molar-refractivity contribution < 1.29 is 8.95 Å². The van der Waals surface area contributed by atoms with Crippen LogP contribution in [-0.2, 0) is 15.5 Å². The van der Waals surface area contributed by atoms with Gasteiger partial charge in [0.15, 0.2) is 0 Å². The van der Waals surface area contributed by atoms with Crippen LogP contribution in [0.2, 0.25) is 0 Å². The minimum Gasteiger partial charge on any atom is -0.376 e. The second kappa shape index (κ2) is 5.94. The van der Waals surface area contributed by atoms with Crippen LogP contribution in [-0.4, -0.2) is 17.4 Å². The van der Waals surface area contributed by atoms with Crippen molar-refractivity contribution in [2.24, 2.45) is 5.92 Å². The van der Waals surface area contributed by atoms with E-state index in [1.807, 2.05) is 36.4 Å². The van der Waals surface area contributed by atoms with E-state index < -0.39 is 10.8 Å². The minimum absolute atomic E-state index is 0.133. The van der Waals surface area contributed by atoms with E-state index >= 15 is 0 Å². The topological polar surface area (TPSA) is 50.1 Å². The number of hydrogen-bond donors (Lipinski definition) is 0. The van der Waals surface area contributed by atoms with Gasteiger partial charge in [0.05, 0.1) is 28.9 Å². The van der Waals surface area contributed by atoms with Gasteiger partial charge in [0.2, 0.25) is 0 Å². The van der Waals surface area contributed by atoms with E-state index in [9.17, 15) is 4.21 Å². The standard InChI is InChI=1S/C14H15NO2S/c1-17-14-9-13(8-7-11(14)10-15)18(16)12-5-3-2-4-6-12/h2-6,9,11,14H,7-8H2,1H3/t11-,14-,18?/m1/s1. The van der Waals surface area contributed by atoms with Crippen LogP contribution >= 0.6 is 0 Å². The summed E-state index contributed by atoms with van der Waals surface area (Å²) in [5, 5.41) is 9.00. The molecule has 0 saturated carbocycles. The first kappa shape index (κ1) is 13.0. The zero-order valence-electron chi connectivity index (χ0n) is 10.2. The molecule has 2 rings (SSSR count). The van der Waals surface area contributed by atoms with E-state index in [-0.39, 0.29) is 12.0 Å². The Morgan fingerprint density at radius 1 is 1.39 bits per heavy atom. The van der Waals surface area contributed by atoms with Crippen LogP contribution in [0.3, 0.4) is 0 Å². The zero-order valence-corrected chi connectivity index (χ0v) is 11.0. The highest BCUT2D eigenvalue weighted by atomic mass is 32.2. The summed E-state index contributed by atoms with van der Waals surface area (Å²) < 4.78 is 17.6. The Bertz CT molecular complexity index is 504. The zero-order chi connectivity index (χ0) is 13.0. The molecule has 0 aromatic heterocycles. The Hall–Kier alpha value is -1.44. The van der Waals surface area contributed by atoms with E-state index in [0.717, 1.165) is 9.80 Å². The van der Waals surface area contributed by atoms with Gasteiger partial charge in [-0.15, -0.1) is 0 Å². The molecule has 3 atom stereocenters. The largest absolute Gasteiger partial charge is 0.376 e. The van der Waals surface area contributed by atoms with Gasteiger partial charge in [0.1, 0.15) is 0 Å². The van der Waals surface area contributed by atoms with Crippen molar-refractivity contribution in [3.05, 3.63) is 41.3 Å². The van der Waals surface area contributed by atoms with Crippen molar-refractivity contribution in [1.82, 2.24) is 0 Å². The lowest BCUT2D eigenvalue weighted by Gasteiger charge is -2.24. The summed E-state index contributed by atoms with van der Waals surface area (Å²) in [6, 6.07) is 11.6. The first-order valence-corrected chi connectivity index (χ1v) is 7.01. The number of rotatable bonds is 3. The van der Waals surface area contributed by atoms with Crippen LogP contribution in [0.5, 0.6) is 0 Å². The normalized spacial score (nSPS) is 25.0. The van der Waals surface area contributed by atoms with Crippen LogP contribution in [0.4, 0.5) is 0 Å². The fourth-order valence-electron chi connectivity index (χ4n) is 2.07. The maximum absolute atomic E-state index is 12.4. The Labute approximate surface area is 110 Å². The Morgan fingerprint density at radius 3 is 2.72 bits per heavy atom. The van der Waals surface area contributed by atoms with Gasteiger partial charge in [-0.25, -0.2) is 4.21 Å². The molecule has 3 nitrogen and oxygen atoms in total. The molecule has 1 aliphatic rings. The highest BCUT2D eigenvalue weighted by Crippen LogP contribution is 2.29. The van der Waals surface area contributed by atoms with E-state index in [0.29, 0.717) is 12.8 Å². The molecular formula is C14H15NO2S. The fourth-order valence-corrected chi connectivity index (χ4v) is 3.33. The maximum atomic E-state index is 12.4. The summed E-state index contributed by atoms with van der Waals surface area (Å²) in [6.45, 7) is 0. The molecule has 0 N–H and O–H groups in total. The SMILES string of the molecule is CO[C@@H]1C=C(S(=O)c2ccccc2)CC[C@@H]1C#N. The first-order chi connectivity index (χ1) is 8.76. The van der Waals surface area contributed by atoms with Crippen molar-refractivity contribution in [2.45, 2.75) is 23.8 Å².